The molecule has 5 nitrogen and oxygen atoms in total. The molecule has 0 bridgehead atoms. The van der Waals surface area contributed by atoms with E-state index in [1.807, 2.05) is 6.07 Å². The first-order chi connectivity index (χ1) is 12.7. The van der Waals surface area contributed by atoms with E-state index < -0.39 is 0 Å². The smallest absolute Gasteiger partial charge is 0.230 e. The number of benzene rings is 1. The van der Waals surface area contributed by atoms with Crippen LogP contribution in [0.4, 0.5) is 0 Å². The van der Waals surface area contributed by atoms with Crippen LogP contribution in [0.5, 0.6) is 0 Å². The largest absolute Gasteiger partial charge is 0.352 e. The molecule has 0 aliphatic heterocycles. The number of carbonyl (C=O) groups is 1. The Balaban J connectivity index is 1.41. The molecule has 2 aromatic rings. The summed E-state index contributed by atoms with van der Waals surface area (Å²) in [4.78, 5) is 12.4. The van der Waals surface area contributed by atoms with Crippen molar-refractivity contribution in [2.45, 2.75) is 57.3 Å². The summed E-state index contributed by atoms with van der Waals surface area (Å²) >= 11 is 1.48. The summed E-state index contributed by atoms with van der Waals surface area (Å²) in [7, 11) is 0. The van der Waals surface area contributed by atoms with Crippen LogP contribution in [-0.4, -0.2) is 32.5 Å². The van der Waals surface area contributed by atoms with Gasteiger partial charge in [-0.1, -0.05) is 35.5 Å². The predicted molar refractivity (Wildman–Crippen MR) is 104 cm³/mol. The van der Waals surface area contributed by atoms with Gasteiger partial charge in [0.05, 0.1) is 5.75 Å². The van der Waals surface area contributed by atoms with E-state index in [4.69, 9.17) is 0 Å². The van der Waals surface area contributed by atoms with Gasteiger partial charge in [-0.15, -0.1) is 10.2 Å². The number of aromatic nitrogens is 3. The van der Waals surface area contributed by atoms with Crippen molar-refractivity contribution in [3.05, 3.63) is 29.8 Å². The van der Waals surface area contributed by atoms with E-state index in [1.165, 1.54) is 43.0 Å². The Morgan fingerprint density at radius 3 is 2.62 bits per heavy atom. The number of aryl methyl sites for hydroxylation is 1. The molecule has 6 heteroatoms. The van der Waals surface area contributed by atoms with Crippen LogP contribution >= 0.6 is 11.8 Å². The number of rotatable bonds is 8. The van der Waals surface area contributed by atoms with E-state index in [0.29, 0.717) is 11.8 Å². The fraction of sp³-hybridized carbons (Fsp3) is 0.550. The number of hydrogen-bond donors (Lipinski definition) is 1. The Bertz CT molecular complexity index is 783. The van der Waals surface area contributed by atoms with Gasteiger partial charge >= 0.3 is 0 Å². The summed E-state index contributed by atoms with van der Waals surface area (Å²) in [6.45, 7) is 4.95. The maximum absolute atomic E-state index is 12.4. The normalized spacial score (nSPS) is 16.9. The molecule has 0 radical (unpaired) electrons. The van der Waals surface area contributed by atoms with Crippen LogP contribution in [0.3, 0.4) is 0 Å². The monoisotopic (exact) mass is 370 g/mol. The second-order valence-corrected chi connectivity index (χ2v) is 8.42. The summed E-state index contributed by atoms with van der Waals surface area (Å²) in [5.74, 6) is 2.85. The molecule has 1 aromatic heterocycles. The Kier molecular flexibility index (Phi) is 5.02. The molecular formula is C20H26N4OS. The van der Waals surface area contributed by atoms with Crippen molar-refractivity contribution in [2.24, 2.45) is 11.8 Å². The van der Waals surface area contributed by atoms with Gasteiger partial charge in [0.2, 0.25) is 5.91 Å². The van der Waals surface area contributed by atoms with Gasteiger partial charge in [-0.25, -0.2) is 0 Å². The summed E-state index contributed by atoms with van der Waals surface area (Å²) in [6, 6.07) is 8.70. The average Bonchev–Trinajstić information content (AvgIpc) is 3.55. The van der Waals surface area contributed by atoms with Crippen LogP contribution in [0.2, 0.25) is 0 Å². The lowest BCUT2D eigenvalue weighted by Crippen LogP contribution is -2.39. The SMILES string of the molecule is CCn1c(SCC(=O)NC(C2CC2)C2CC2)nnc1-c1cccc(C)c1. The summed E-state index contributed by atoms with van der Waals surface area (Å²) in [6.07, 6.45) is 5.11. The lowest BCUT2D eigenvalue weighted by Gasteiger charge is -2.17. The van der Waals surface area contributed by atoms with Gasteiger partial charge in [0.1, 0.15) is 0 Å². The molecule has 2 fully saturated rings. The highest BCUT2D eigenvalue weighted by molar-refractivity contribution is 7.99. The number of carbonyl (C=O) groups excluding carboxylic acids is 1. The molecular weight excluding hydrogens is 344 g/mol. The standard InChI is InChI=1S/C20H26N4OS/c1-3-24-19(16-6-4-5-13(2)11-16)22-23-20(24)26-12-17(25)21-18(14-7-8-14)15-9-10-15/h4-6,11,14-15,18H,3,7-10,12H2,1-2H3,(H,21,25). The maximum Gasteiger partial charge on any atom is 0.230 e. The summed E-state index contributed by atoms with van der Waals surface area (Å²) < 4.78 is 2.09. The highest BCUT2D eigenvalue weighted by atomic mass is 32.2. The molecule has 4 rings (SSSR count). The van der Waals surface area contributed by atoms with Crippen molar-refractivity contribution in [1.29, 1.82) is 0 Å². The van der Waals surface area contributed by atoms with Gasteiger partial charge in [0.15, 0.2) is 11.0 Å². The Morgan fingerprint density at radius 1 is 1.27 bits per heavy atom. The first-order valence-electron chi connectivity index (χ1n) is 9.58. The van der Waals surface area contributed by atoms with Gasteiger partial charge < -0.3 is 9.88 Å². The first-order valence-corrected chi connectivity index (χ1v) is 10.6. The zero-order valence-electron chi connectivity index (χ0n) is 15.4. The topological polar surface area (TPSA) is 59.8 Å². The van der Waals surface area contributed by atoms with Crippen molar-refractivity contribution in [2.75, 3.05) is 5.75 Å². The minimum absolute atomic E-state index is 0.126. The van der Waals surface area contributed by atoms with Crippen LogP contribution in [-0.2, 0) is 11.3 Å². The van der Waals surface area contributed by atoms with Crippen LogP contribution in [0.25, 0.3) is 11.4 Å². The van der Waals surface area contributed by atoms with Crippen LogP contribution in [0.15, 0.2) is 29.4 Å². The third kappa shape index (κ3) is 3.95. The third-order valence-electron chi connectivity index (χ3n) is 5.23. The zero-order valence-corrected chi connectivity index (χ0v) is 16.3. The fourth-order valence-electron chi connectivity index (χ4n) is 3.57. The Hall–Kier alpha value is -1.82. The van der Waals surface area contributed by atoms with Crippen LogP contribution in [0, 0.1) is 18.8 Å². The molecule has 2 saturated carbocycles. The Labute approximate surface area is 159 Å². The average molecular weight is 371 g/mol. The molecule has 0 atom stereocenters. The van der Waals surface area contributed by atoms with E-state index in [1.54, 1.807) is 0 Å². The number of amides is 1. The van der Waals surface area contributed by atoms with Crippen LogP contribution < -0.4 is 5.32 Å². The molecule has 1 N–H and O–H groups in total. The third-order valence-corrected chi connectivity index (χ3v) is 6.20. The number of hydrogen-bond acceptors (Lipinski definition) is 4. The second-order valence-electron chi connectivity index (χ2n) is 7.48. The highest BCUT2D eigenvalue weighted by Gasteiger charge is 2.42. The van der Waals surface area contributed by atoms with E-state index in [-0.39, 0.29) is 5.91 Å². The van der Waals surface area contributed by atoms with Crippen molar-refractivity contribution < 1.29 is 4.79 Å². The summed E-state index contributed by atoms with van der Waals surface area (Å²) in [5.41, 5.74) is 2.27. The lowest BCUT2D eigenvalue weighted by molar-refractivity contribution is -0.119. The second kappa shape index (κ2) is 7.43. The maximum atomic E-state index is 12.4. The van der Waals surface area contributed by atoms with E-state index >= 15 is 0 Å². The molecule has 0 spiro atoms. The van der Waals surface area contributed by atoms with Crippen molar-refractivity contribution in [3.63, 3.8) is 0 Å². The molecule has 1 aromatic carbocycles. The van der Waals surface area contributed by atoms with Crippen molar-refractivity contribution >= 4 is 17.7 Å². The van der Waals surface area contributed by atoms with Gasteiger partial charge in [0, 0.05) is 18.2 Å². The predicted octanol–water partition coefficient (Wildman–Crippen LogP) is 3.67. The molecule has 0 unspecified atom stereocenters. The molecule has 0 saturated heterocycles. The number of nitrogens with one attached hydrogen (secondary N) is 1. The van der Waals surface area contributed by atoms with E-state index in [0.717, 1.165) is 34.9 Å². The summed E-state index contributed by atoms with van der Waals surface area (Å²) in [5, 5.41) is 12.8. The number of thioether (sulfide) groups is 1. The molecule has 2 aliphatic rings. The van der Waals surface area contributed by atoms with Gasteiger partial charge in [-0.3, -0.25) is 4.79 Å². The molecule has 1 heterocycles. The lowest BCUT2D eigenvalue weighted by atomic mass is 10.1. The molecule has 2 aliphatic carbocycles. The fourth-order valence-corrected chi connectivity index (χ4v) is 4.38. The van der Waals surface area contributed by atoms with E-state index in [2.05, 4.69) is 52.1 Å². The minimum atomic E-state index is 0.126. The highest BCUT2D eigenvalue weighted by Crippen LogP contribution is 2.44. The Morgan fingerprint density at radius 2 is 2.00 bits per heavy atom. The molecule has 26 heavy (non-hydrogen) atoms. The molecule has 138 valence electrons. The molecule has 1 amide bonds. The van der Waals surface area contributed by atoms with Gasteiger partial charge in [0.25, 0.3) is 0 Å². The van der Waals surface area contributed by atoms with Gasteiger partial charge in [-0.2, -0.15) is 0 Å². The van der Waals surface area contributed by atoms with Crippen molar-refractivity contribution in [1.82, 2.24) is 20.1 Å². The number of nitrogens with zero attached hydrogens (tertiary/aromatic N) is 3. The van der Waals surface area contributed by atoms with Crippen LogP contribution in [0.1, 0.15) is 38.2 Å². The van der Waals surface area contributed by atoms with E-state index in [9.17, 15) is 4.79 Å². The minimum Gasteiger partial charge on any atom is -0.352 e. The van der Waals surface area contributed by atoms with Crippen molar-refractivity contribution in [3.8, 4) is 11.4 Å². The first kappa shape index (κ1) is 17.6. The quantitative estimate of drug-likeness (QED) is 0.720. The zero-order chi connectivity index (χ0) is 18.1. The van der Waals surface area contributed by atoms with Gasteiger partial charge in [-0.05, 0) is 57.4 Å².